The van der Waals surface area contributed by atoms with Gasteiger partial charge in [-0.3, -0.25) is 23.2 Å². The second-order valence-electron chi connectivity index (χ2n) is 18.4. The Morgan fingerprint density at radius 3 is 1.50 bits per heavy atom. The molecule has 0 amide bonds. The molecule has 2 rings (SSSR count). The number of ether oxygens (including phenoxy) is 3. The van der Waals surface area contributed by atoms with Gasteiger partial charge in [-0.05, 0) is 18.9 Å². The standard InChI is InChI=1S/C48H89N3O15P2/c1-3-5-7-9-11-13-15-17-19-21-23-25-27-29-31-33-43(52)61-37-40(64-44(53)34-32-30-28-26-24-22-20-18-16-14-12-10-8-6-4-2)38-62-67(57,58)66-68(59,60)63-39-41-45(54)46(55)47(65-41)51-36-35-42(49)50-48(51)56/h35-36,40-41,45-47,54-55H,3-34,37-39H2,1-2H3,(H,57,58)(H,59,60)(H2,49,50,56)/t40-,41-,45-,46-,47-/m1/s1. The van der Waals surface area contributed by atoms with Crippen molar-refractivity contribution < 1.29 is 66.3 Å². The first-order valence-electron chi connectivity index (χ1n) is 26.0. The van der Waals surface area contributed by atoms with Crippen LogP contribution < -0.4 is 11.4 Å². The van der Waals surface area contributed by atoms with Gasteiger partial charge in [0.05, 0.1) is 13.2 Å². The van der Waals surface area contributed by atoms with Gasteiger partial charge in [0, 0.05) is 19.0 Å². The zero-order chi connectivity index (χ0) is 49.9. The van der Waals surface area contributed by atoms with E-state index in [1.807, 2.05) is 0 Å². The number of carbonyl (C=O) groups excluding carboxylic acids is 2. The zero-order valence-electron chi connectivity index (χ0n) is 41.4. The van der Waals surface area contributed by atoms with E-state index in [0.29, 0.717) is 12.8 Å². The maximum Gasteiger partial charge on any atom is 0.481 e. The predicted octanol–water partition coefficient (Wildman–Crippen LogP) is 10.7. The van der Waals surface area contributed by atoms with Crippen molar-refractivity contribution in [2.45, 2.75) is 250 Å². The van der Waals surface area contributed by atoms with Crippen LogP contribution in [-0.2, 0) is 46.3 Å². The third-order valence-electron chi connectivity index (χ3n) is 12.2. The minimum atomic E-state index is -5.42. The number of nitrogens with two attached hydrogens (primary N) is 1. The minimum Gasteiger partial charge on any atom is -0.462 e. The van der Waals surface area contributed by atoms with Gasteiger partial charge in [-0.25, -0.2) is 13.9 Å². The molecule has 0 spiro atoms. The second kappa shape index (κ2) is 37.5. The fraction of sp³-hybridized carbons (Fsp3) is 0.875. The quantitative estimate of drug-likeness (QED) is 0.0231. The highest BCUT2D eigenvalue weighted by Gasteiger charge is 2.46. The van der Waals surface area contributed by atoms with Crippen LogP contribution in [0.3, 0.4) is 0 Å². The molecule has 6 N–H and O–H groups in total. The lowest BCUT2D eigenvalue weighted by Gasteiger charge is -2.21. The van der Waals surface area contributed by atoms with E-state index < -0.39 is 83.7 Å². The lowest BCUT2D eigenvalue weighted by molar-refractivity contribution is -0.161. The Hall–Kier alpha value is -2.24. The Labute approximate surface area is 406 Å². The molecular weight excluding hydrogens is 920 g/mol. The summed E-state index contributed by atoms with van der Waals surface area (Å²) in [6, 6.07) is 1.25. The molecule has 396 valence electrons. The Kier molecular flexibility index (Phi) is 34.1. The molecule has 1 fully saturated rings. The number of nitrogens with zero attached hydrogens (tertiary/aromatic N) is 2. The first kappa shape index (κ1) is 61.9. The summed E-state index contributed by atoms with van der Waals surface area (Å²) < 4.78 is 56.8. The van der Waals surface area contributed by atoms with E-state index in [-0.39, 0.29) is 18.7 Å². The minimum absolute atomic E-state index is 0.0584. The summed E-state index contributed by atoms with van der Waals surface area (Å²) in [5.74, 6) is -1.27. The van der Waals surface area contributed by atoms with E-state index in [1.54, 1.807) is 0 Å². The number of hydrogen-bond acceptors (Lipinski definition) is 15. The number of aliphatic hydroxyl groups excluding tert-OH is 2. The van der Waals surface area contributed by atoms with Crippen molar-refractivity contribution in [3.8, 4) is 0 Å². The van der Waals surface area contributed by atoms with Crippen LogP contribution in [0.2, 0.25) is 0 Å². The van der Waals surface area contributed by atoms with Crippen LogP contribution >= 0.6 is 15.6 Å². The summed E-state index contributed by atoms with van der Waals surface area (Å²) >= 11 is 0. The van der Waals surface area contributed by atoms with E-state index >= 15 is 0 Å². The summed E-state index contributed by atoms with van der Waals surface area (Å²) in [6.07, 6.45) is 28.9. The molecule has 18 nitrogen and oxygen atoms in total. The van der Waals surface area contributed by atoms with Crippen LogP contribution in [0.15, 0.2) is 17.1 Å². The highest BCUT2D eigenvalue weighted by molar-refractivity contribution is 7.61. The SMILES string of the molecule is CCCCCCCCCCCCCCCCCC(=O)OC[C@H](COP(=O)(O)OP(=O)(O)OC[C@H]1O[C@@H](n2ccc(N)nc2=O)[C@H](O)[C@@H]1O)OC(=O)CCCCCCCCCCCCCCCCC. The van der Waals surface area contributed by atoms with Gasteiger partial charge in [-0.1, -0.05) is 194 Å². The monoisotopic (exact) mass is 1010 g/mol. The van der Waals surface area contributed by atoms with E-state index in [9.17, 15) is 43.5 Å². The number of anilines is 1. The van der Waals surface area contributed by atoms with Crippen molar-refractivity contribution in [3.05, 3.63) is 22.7 Å². The van der Waals surface area contributed by atoms with Crippen LogP contribution in [0.4, 0.5) is 5.82 Å². The highest BCUT2D eigenvalue weighted by atomic mass is 31.3. The van der Waals surface area contributed by atoms with E-state index in [1.165, 1.54) is 147 Å². The fourth-order valence-corrected chi connectivity index (χ4v) is 10.2. The first-order chi connectivity index (χ1) is 32.7. The molecule has 0 aromatic carbocycles. The number of esters is 2. The van der Waals surface area contributed by atoms with Gasteiger partial charge in [0.1, 0.15) is 30.7 Å². The first-order valence-corrected chi connectivity index (χ1v) is 29.0. The van der Waals surface area contributed by atoms with Crippen molar-refractivity contribution >= 4 is 33.4 Å². The van der Waals surface area contributed by atoms with Gasteiger partial charge in [-0.2, -0.15) is 9.29 Å². The number of aliphatic hydroxyl groups is 2. The van der Waals surface area contributed by atoms with Gasteiger partial charge in [-0.15, -0.1) is 0 Å². The molecule has 2 heterocycles. The van der Waals surface area contributed by atoms with E-state index in [2.05, 4.69) is 23.1 Å². The van der Waals surface area contributed by atoms with Crippen LogP contribution in [0.25, 0.3) is 0 Å². The number of rotatable bonds is 44. The third-order valence-corrected chi connectivity index (χ3v) is 14.8. The smallest absolute Gasteiger partial charge is 0.462 e. The summed E-state index contributed by atoms with van der Waals surface area (Å²) in [5, 5.41) is 20.9. The highest BCUT2D eigenvalue weighted by Crippen LogP contribution is 2.60. The number of aromatic nitrogens is 2. The van der Waals surface area contributed by atoms with Crippen molar-refractivity contribution in [2.75, 3.05) is 25.6 Å². The average molecular weight is 1010 g/mol. The summed E-state index contributed by atoms with van der Waals surface area (Å²) in [5.41, 5.74) is 4.59. The molecule has 1 aliphatic heterocycles. The van der Waals surface area contributed by atoms with Crippen LogP contribution in [0.1, 0.15) is 226 Å². The molecular formula is C48H89N3O15P2. The summed E-state index contributed by atoms with van der Waals surface area (Å²) in [4.78, 5) is 61.9. The molecule has 0 saturated carbocycles. The summed E-state index contributed by atoms with van der Waals surface area (Å²) in [6.45, 7) is 2.19. The van der Waals surface area contributed by atoms with Crippen LogP contribution in [-0.4, -0.2) is 85.7 Å². The maximum atomic E-state index is 12.9. The number of unbranched alkanes of at least 4 members (excludes halogenated alkanes) is 28. The zero-order valence-corrected chi connectivity index (χ0v) is 43.2. The Morgan fingerprint density at radius 2 is 1.06 bits per heavy atom. The van der Waals surface area contributed by atoms with Crippen LogP contribution in [0.5, 0.6) is 0 Å². The topological polar surface area (TPSA) is 265 Å². The average Bonchev–Trinajstić information content (AvgIpc) is 3.57. The number of phosphoric acid groups is 2. The number of hydrogen-bond donors (Lipinski definition) is 5. The summed E-state index contributed by atoms with van der Waals surface area (Å²) in [7, 11) is -10.8. The number of nitrogen functional groups attached to an aromatic ring is 1. The maximum absolute atomic E-state index is 12.9. The Balaban J connectivity index is 1.78. The van der Waals surface area contributed by atoms with Gasteiger partial charge < -0.3 is 39.9 Å². The molecule has 0 aliphatic carbocycles. The van der Waals surface area contributed by atoms with E-state index in [0.717, 1.165) is 49.5 Å². The molecule has 1 aliphatic rings. The molecule has 20 heteroatoms. The van der Waals surface area contributed by atoms with Crippen molar-refractivity contribution in [1.29, 1.82) is 0 Å². The van der Waals surface area contributed by atoms with Gasteiger partial charge in [0.15, 0.2) is 12.3 Å². The number of carbonyl (C=O) groups is 2. The molecule has 2 unspecified atom stereocenters. The molecule has 1 aromatic heterocycles. The lowest BCUT2D eigenvalue weighted by atomic mass is 10.0. The normalized spacial score (nSPS) is 19.4. The lowest BCUT2D eigenvalue weighted by Crippen LogP contribution is -2.36. The van der Waals surface area contributed by atoms with Gasteiger partial charge in [0.2, 0.25) is 0 Å². The number of phosphoric ester groups is 2. The second-order valence-corrected chi connectivity index (χ2v) is 21.4. The molecule has 0 radical (unpaired) electrons. The third kappa shape index (κ3) is 29.8. The Bertz CT molecular complexity index is 1640. The molecule has 7 atom stereocenters. The van der Waals surface area contributed by atoms with Crippen molar-refractivity contribution in [3.63, 3.8) is 0 Å². The van der Waals surface area contributed by atoms with Crippen molar-refractivity contribution in [2.24, 2.45) is 0 Å². The molecule has 1 saturated heterocycles. The molecule has 1 aromatic rings. The Morgan fingerprint density at radius 1 is 0.647 bits per heavy atom. The van der Waals surface area contributed by atoms with Gasteiger partial charge in [0.25, 0.3) is 0 Å². The molecule has 68 heavy (non-hydrogen) atoms. The van der Waals surface area contributed by atoms with Gasteiger partial charge >= 0.3 is 33.3 Å². The predicted molar refractivity (Wildman–Crippen MR) is 261 cm³/mol. The molecule has 0 bridgehead atoms. The van der Waals surface area contributed by atoms with E-state index in [4.69, 9.17) is 29.0 Å². The fourth-order valence-electron chi connectivity index (χ4n) is 8.14. The largest absolute Gasteiger partial charge is 0.481 e. The van der Waals surface area contributed by atoms with Crippen LogP contribution in [0, 0.1) is 0 Å². The van der Waals surface area contributed by atoms with Crippen molar-refractivity contribution in [1.82, 2.24) is 9.55 Å².